The van der Waals surface area contributed by atoms with E-state index in [0.29, 0.717) is 16.9 Å². The molecule has 0 fully saturated rings. The van der Waals surface area contributed by atoms with E-state index in [-0.39, 0.29) is 11.8 Å². The first-order valence-corrected chi connectivity index (χ1v) is 14.2. The number of hydrogen-bond acceptors (Lipinski definition) is 4. The second-order valence-electron chi connectivity index (χ2n) is 8.27. The molecule has 0 aliphatic rings. The molecule has 0 saturated carbocycles. The zero-order valence-corrected chi connectivity index (χ0v) is 22.1. The summed E-state index contributed by atoms with van der Waals surface area (Å²) in [6.45, 7) is 4.36. The number of anilines is 2. The molecule has 0 bridgehead atoms. The third-order valence-electron chi connectivity index (χ3n) is 5.43. The zero-order chi connectivity index (χ0) is 24.9. The fourth-order valence-electron chi connectivity index (χ4n) is 3.43. The highest BCUT2D eigenvalue weighted by molar-refractivity contribution is 7.99. The molecular weight excluding hydrogens is 472 g/mol. The first-order valence-electron chi connectivity index (χ1n) is 12.2. The first-order chi connectivity index (χ1) is 17.1. The summed E-state index contributed by atoms with van der Waals surface area (Å²) in [4.78, 5) is 28.9. The maximum atomic E-state index is 13.3. The molecule has 35 heavy (non-hydrogen) atoms. The van der Waals surface area contributed by atoms with E-state index in [1.807, 2.05) is 102 Å². The predicted octanol–water partition coefficient (Wildman–Crippen LogP) is 7.83. The van der Waals surface area contributed by atoms with Crippen molar-refractivity contribution in [3.63, 3.8) is 0 Å². The van der Waals surface area contributed by atoms with Crippen LogP contribution in [-0.2, 0) is 9.59 Å². The van der Waals surface area contributed by atoms with E-state index in [1.54, 1.807) is 0 Å². The molecule has 2 N–H and O–H groups in total. The Labute approximate surface area is 217 Å². The number of unbranched alkanes of at least 4 members (excludes halogenated alkanes) is 2. The number of hydrogen-bond donors (Lipinski definition) is 2. The van der Waals surface area contributed by atoms with Gasteiger partial charge in [0.05, 0.1) is 0 Å². The molecule has 184 valence electrons. The Bertz CT molecular complexity index is 987. The molecule has 2 amide bonds. The third-order valence-corrected chi connectivity index (χ3v) is 7.63. The van der Waals surface area contributed by atoms with E-state index >= 15 is 0 Å². The molecule has 0 aliphatic carbocycles. The lowest BCUT2D eigenvalue weighted by Crippen LogP contribution is -2.32. The van der Waals surface area contributed by atoms with E-state index in [1.165, 1.54) is 35.5 Å². The molecule has 3 aromatic rings. The summed E-state index contributed by atoms with van der Waals surface area (Å²) >= 11 is 3.62. The van der Waals surface area contributed by atoms with Crippen LogP contribution in [0.5, 0.6) is 0 Å². The standard InChI is InChI=1S/C29H34N2O2S2/c1-3-5-20-34-25-16-12-23(13-17-25)30-28(32)27(22-10-8-7-9-11-22)29(33)31-24-14-18-26(19-15-24)35-21-6-4-2/h7-19,27H,3-6,20-21H2,1-2H3,(H,30,32)(H,31,33). The van der Waals surface area contributed by atoms with Gasteiger partial charge in [-0.05, 0) is 78.4 Å². The van der Waals surface area contributed by atoms with E-state index in [0.717, 1.165) is 11.5 Å². The molecule has 3 aromatic carbocycles. The largest absolute Gasteiger partial charge is 0.325 e. The van der Waals surface area contributed by atoms with Crippen LogP contribution in [0.15, 0.2) is 88.7 Å². The van der Waals surface area contributed by atoms with Crippen LogP contribution in [-0.4, -0.2) is 23.3 Å². The van der Waals surface area contributed by atoms with Gasteiger partial charge in [-0.1, -0.05) is 57.0 Å². The minimum absolute atomic E-state index is 0.355. The molecule has 6 heteroatoms. The highest BCUT2D eigenvalue weighted by atomic mass is 32.2. The van der Waals surface area contributed by atoms with Crippen LogP contribution in [0.25, 0.3) is 0 Å². The van der Waals surface area contributed by atoms with Crippen molar-refractivity contribution in [2.24, 2.45) is 0 Å². The Balaban J connectivity index is 1.68. The molecule has 0 saturated heterocycles. The molecule has 0 aliphatic heterocycles. The van der Waals surface area contributed by atoms with Crippen molar-refractivity contribution in [3.05, 3.63) is 84.4 Å². The lowest BCUT2D eigenvalue weighted by atomic mass is 9.97. The molecular formula is C29H34N2O2S2. The molecule has 0 heterocycles. The van der Waals surface area contributed by atoms with Gasteiger partial charge in [-0.2, -0.15) is 0 Å². The number of rotatable bonds is 13. The molecule has 3 rings (SSSR count). The quantitative estimate of drug-likeness (QED) is 0.141. The third kappa shape index (κ3) is 8.79. The lowest BCUT2D eigenvalue weighted by Gasteiger charge is -2.17. The lowest BCUT2D eigenvalue weighted by molar-refractivity contribution is -0.125. The maximum Gasteiger partial charge on any atom is 0.241 e. The van der Waals surface area contributed by atoms with Crippen molar-refractivity contribution in [2.75, 3.05) is 22.1 Å². The average Bonchev–Trinajstić information content (AvgIpc) is 2.87. The van der Waals surface area contributed by atoms with Gasteiger partial charge in [0.15, 0.2) is 0 Å². The summed E-state index contributed by atoms with van der Waals surface area (Å²) in [5.74, 6) is 0.486. The minimum atomic E-state index is -0.964. The van der Waals surface area contributed by atoms with Crippen molar-refractivity contribution in [1.29, 1.82) is 0 Å². The fourth-order valence-corrected chi connectivity index (χ4v) is 5.43. The highest BCUT2D eigenvalue weighted by Crippen LogP contribution is 2.25. The van der Waals surface area contributed by atoms with Gasteiger partial charge in [-0.25, -0.2) is 0 Å². The number of carbonyl (C=O) groups excluding carboxylic acids is 2. The van der Waals surface area contributed by atoms with E-state index in [9.17, 15) is 9.59 Å². The zero-order valence-electron chi connectivity index (χ0n) is 20.5. The number of nitrogens with one attached hydrogen (secondary N) is 2. The summed E-state index contributed by atoms with van der Waals surface area (Å²) < 4.78 is 0. The molecule has 0 aromatic heterocycles. The van der Waals surface area contributed by atoms with Crippen LogP contribution in [0, 0.1) is 0 Å². The number of thioether (sulfide) groups is 2. The average molecular weight is 507 g/mol. The molecule has 0 atom stereocenters. The van der Waals surface area contributed by atoms with E-state index in [4.69, 9.17) is 0 Å². The van der Waals surface area contributed by atoms with Crippen molar-refractivity contribution in [3.8, 4) is 0 Å². The second kappa shape index (κ2) is 14.6. The van der Waals surface area contributed by atoms with Gasteiger partial charge in [-0.15, -0.1) is 23.5 Å². The number of benzene rings is 3. The second-order valence-corrected chi connectivity index (χ2v) is 10.6. The van der Waals surface area contributed by atoms with E-state index < -0.39 is 5.92 Å². The Morgan fingerprint density at radius 1 is 0.657 bits per heavy atom. The van der Waals surface area contributed by atoms with Gasteiger partial charge in [0, 0.05) is 21.2 Å². The summed E-state index contributed by atoms with van der Waals surface area (Å²) in [6.07, 6.45) is 4.70. The first kappa shape index (κ1) is 26.9. The number of amides is 2. The number of carbonyl (C=O) groups is 2. The summed E-state index contributed by atoms with van der Waals surface area (Å²) in [7, 11) is 0. The van der Waals surface area contributed by atoms with Gasteiger partial charge in [0.1, 0.15) is 5.92 Å². The predicted molar refractivity (Wildman–Crippen MR) is 151 cm³/mol. The maximum absolute atomic E-state index is 13.3. The molecule has 0 spiro atoms. The van der Waals surface area contributed by atoms with Crippen molar-refractivity contribution >= 4 is 46.7 Å². The molecule has 0 unspecified atom stereocenters. The molecule has 4 nitrogen and oxygen atoms in total. The van der Waals surface area contributed by atoms with Gasteiger partial charge < -0.3 is 10.6 Å². The SMILES string of the molecule is CCCCSc1ccc(NC(=O)C(C(=O)Nc2ccc(SCCCC)cc2)c2ccccc2)cc1. The van der Waals surface area contributed by atoms with Gasteiger partial charge in [0.25, 0.3) is 0 Å². The van der Waals surface area contributed by atoms with Crippen LogP contribution in [0.4, 0.5) is 11.4 Å². The van der Waals surface area contributed by atoms with Crippen LogP contribution in [0.2, 0.25) is 0 Å². The van der Waals surface area contributed by atoms with Gasteiger partial charge >= 0.3 is 0 Å². The smallest absolute Gasteiger partial charge is 0.241 e. The van der Waals surface area contributed by atoms with Crippen molar-refractivity contribution in [2.45, 2.75) is 55.2 Å². The van der Waals surface area contributed by atoms with Crippen molar-refractivity contribution in [1.82, 2.24) is 0 Å². The summed E-state index contributed by atoms with van der Waals surface area (Å²) in [5.41, 5.74) is 2.01. The van der Waals surface area contributed by atoms with Crippen LogP contribution >= 0.6 is 23.5 Å². The minimum Gasteiger partial charge on any atom is -0.325 e. The topological polar surface area (TPSA) is 58.2 Å². The Hall–Kier alpha value is -2.70. The van der Waals surface area contributed by atoms with Crippen LogP contribution in [0.3, 0.4) is 0 Å². The summed E-state index contributed by atoms with van der Waals surface area (Å²) in [6, 6.07) is 24.8. The Kier molecular flexibility index (Phi) is 11.3. The van der Waals surface area contributed by atoms with Gasteiger partial charge in [-0.3, -0.25) is 9.59 Å². The Morgan fingerprint density at radius 3 is 1.49 bits per heavy atom. The Morgan fingerprint density at radius 2 is 1.09 bits per heavy atom. The van der Waals surface area contributed by atoms with Gasteiger partial charge in [0.2, 0.25) is 11.8 Å². The summed E-state index contributed by atoms with van der Waals surface area (Å²) in [5, 5.41) is 5.85. The van der Waals surface area contributed by atoms with Crippen molar-refractivity contribution < 1.29 is 9.59 Å². The monoisotopic (exact) mass is 506 g/mol. The van der Waals surface area contributed by atoms with Crippen LogP contribution in [0.1, 0.15) is 51.0 Å². The normalized spacial score (nSPS) is 10.8. The van der Waals surface area contributed by atoms with E-state index in [2.05, 4.69) is 24.5 Å². The molecule has 0 radical (unpaired) electrons. The highest BCUT2D eigenvalue weighted by Gasteiger charge is 2.28. The van der Waals surface area contributed by atoms with Crippen LogP contribution < -0.4 is 10.6 Å². The fraction of sp³-hybridized carbons (Fsp3) is 0.310.